The Morgan fingerprint density at radius 1 is 1.16 bits per heavy atom. The molecule has 0 aliphatic rings. The molecule has 0 bridgehead atoms. The second kappa shape index (κ2) is 6.83. The summed E-state index contributed by atoms with van der Waals surface area (Å²) in [5.41, 5.74) is 1.42. The molecule has 3 heteroatoms. The lowest BCUT2D eigenvalue weighted by Gasteiger charge is -2.23. The summed E-state index contributed by atoms with van der Waals surface area (Å²) < 4.78 is 0. The van der Waals surface area contributed by atoms with E-state index in [2.05, 4.69) is 54.5 Å². The van der Waals surface area contributed by atoms with E-state index in [1.807, 2.05) is 11.6 Å². The third kappa shape index (κ3) is 4.44. The van der Waals surface area contributed by atoms with E-state index in [0.29, 0.717) is 0 Å². The fourth-order valence-corrected chi connectivity index (χ4v) is 2.85. The minimum atomic E-state index is -0.0130. The van der Waals surface area contributed by atoms with Gasteiger partial charge in [-0.05, 0) is 45.2 Å². The summed E-state index contributed by atoms with van der Waals surface area (Å²) in [5, 5.41) is 6.79. The molecular formula is C16H22N2S. The van der Waals surface area contributed by atoms with Gasteiger partial charge in [0.2, 0.25) is 0 Å². The molecule has 0 unspecified atom stereocenters. The maximum absolute atomic E-state index is 4.39. The standard InChI is InChI=1S/C16H22N2S/c1-16(2,15-17-12-13-19-15)18-11-7-6-10-14-8-4-3-5-9-14/h3-5,8-9,12-13,18H,6-7,10-11H2,1-2H3. The SMILES string of the molecule is CC(C)(NCCCCc1ccccc1)c1nccs1. The fourth-order valence-electron chi connectivity index (χ4n) is 2.11. The summed E-state index contributed by atoms with van der Waals surface area (Å²) in [5.74, 6) is 0. The lowest BCUT2D eigenvalue weighted by Crippen LogP contribution is -2.37. The van der Waals surface area contributed by atoms with Crippen molar-refractivity contribution in [2.24, 2.45) is 0 Å². The van der Waals surface area contributed by atoms with Crippen molar-refractivity contribution in [1.82, 2.24) is 10.3 Å². The molecule has 0 amide bonds. The number of aryl methyl sites for hydroxylation is 1. The summed E-state index contributed by atoms with van der Waals surface area (Å²) in [6.07, 6.45) is 5.47. The molecule has 2 nitrogen and oxygen atoms in total. The summed E-state index contributed by atoms with van der Waals surface area (Å²) in [6.45, 7) is 5.44. The average molecular weight is 274 g/mol. The zero-order chi connectivity index (χ0) is 13.6. The first kappa shape index (κ1) is 14.2. The van der Waals surface area contributed by atoms with Crippen molar-refractivity contribution in [3.8, 4) is 0 Å². The minimum Gasteiger partial charge on any atom is -0.306 e. The highest BCUT2D eigenvalue weighted by Crippen LogP contribution is 2.21. The van der Waals surface area contributed by atoms with Gasteiger partial charge in [0.15, 0.2) is 0 Å². The molecule has 0 spiro atoms. The Bertz CT molecular complexity index is 463. The molecule has 1 N–H and O–H groups in total. The van der Waals surface area contributed by atoms with Gasteiger partial charge in [-0.2, -0.15) is 0 Å². The molecule has 102 valence electrons. The van der Waals surface area contributed by atoms with Gasteiger partial charge >= 0.3 is 0 Å². The Morgan fingerprint density at radius 3 is 2.63 bits per heavy atom. The van der Waals surface area contributed by atoms with Crippen molar-refractivity contribution in [1.29, 1.82) is 0 Å². The van der Waals surface area contributed by atoms with Crippen LogP contribution in [0, 0.1) is 0 Å². The fraction of sp³-hybridized carbons (Fsp3) is 0.438. The second-order valence-electron chi connectivity index (χ2n) is 5.33. The van der Waals surface area contributed by atoms with E-state index < -0.39 is 0 Å². The van der Waals surface area contributed by atoms with Crippen LogP contribution in [-0.2, 0) is 12.0 Å². The molecule has 1 aromatic heterocycles. The maximum atomic E-state index is 4.39. The van der Waals surface area contributed by atoms with Gasteiger partial charge in [-0.15, -0.1) is 11.3 Å². The van der Waals surface area contributed by atoms with Gasteiger partial charge in [0.05, 0.1) is 5.54 Å². The Balaban J connectivity index is 1.67. The third-order valence-corrected chi connectivity index (χ3v) is 4.37. The molecule has 0 saturated heterocycles. The Morgan fingerprint density at radius 2 is 1.95 bits per heavy atom. The monoisotopic (exact) mass is 274 g/mol. The van der Waals surface area contributed by atoms with E-state index in [0.717, 1.165) is 11.6 Å². The minimum absolute atomic E-state index is 0.0130. The van der Waals surface area contributed by atoms with Crippen LogP contribution in [0.3, 0.4) is 0 Å². The zero-order valence-electron chi connectivity index (χ0n) is 11.7. The smallest absolute Gasteiger partial charge is 0.112 e. The van der Waals surface area contributed by atoms with Crippen LogP contribution in [0.5, 0.6) is 0 Å². The average Bonchev–Trinajstić information content (AvgIpc) is 2.94. The first-order chi connectivity index (χ1) is 9.18. The molecule has 0 radical (unpaired) electrons. The molecule has 0 aliphatic heterocycles. The zero-order valence-corrected chi connectivity index (χ0v) is 12.5. The van der Waals surface area contributed by atoms with E-state index in [4.69, 9.17) is 0 Å². The number of hydrogen-bond donors (Lipinski definition) is 1. The van der Waals surface area contributed by atoms with E-state index in [1.54, 1.807) is 11.3 Å². The summed E-state index contributed by atoms with van der Waals surface area (Å²) in [7, 11) is 0. The van der Waals surface area contributed by atoms with Crippen molar-refractivity contribution in [2.45, 2.75) is 38.6 Å². The molecule has 0 atom stereocenters. The molecule has 0 fully saturated rings. The van der Waals surface area contributed by atoms with Crippen molar-refractivity contribution < 1.29 is 0 Å². The largest absolute Gasteiger partial charge is 0.306 e. The number of unbranched alkanes of at least 4 members (excludes halogenated alkanes) is 1. The van der Waals surface area contributed by atoms with Crippen LogP contribution in [0.4, 0.5) is 0 Å². The van der Waals surface area contributed by atoms with E-state index in [9.17, 15) is 0 Å². The van der Waals surface area contributed by atoms with Crippen molar-refractivity contribution in [3.63, 3.8) is 0 Å². The highest BCUT2D eigenvalue weighted by atomic mass is 32.1. The number of nitrogens with zero attached hydrogens (tertiary/aromatic N) is 1. The van der Waals surface area contributed by atoms with Crippen molar-refractivity contribution in [2.75, 3.05) is 6.54 Å². The van der Waals surface area contributed by atoms with E-state index in [1.165, 1.54) is 24.8 Å². The Kier molecular flexibility index (Phi) is 5.11. The molecule has 19 heavy (non-hydrogen) atoms. The van der Waals surface area contributed by atoms with Gasteiger partial charge in [-0.25, -0.2) is 4.98 Å². The van der Waals surface area contributed by atoms with Crippen molar-refractivity contribution in [3.05, 3.63) is 52.5 Å². The van der Waals surface area contributed by atoms with Gasteiger partial charge in [-0.1, -0.05) is 30.3 Å². The predicted octanol–water partition coefficient (Wildman–Crippen LogP) is 3.99. The van der Waals surface area contributed by atoms with Crippen LogP contribution in [-0.4, -0.2) is 11.5 Å². The van der Waals surface area contributed by atoms with Crippen LogP contribution >= 0.6 is 11.3 Å². The van der Waals surface area contributed by atoms with Gasteiger partial charge in [0.25, 0.3) is 0 Å². The molecule has 0 aliphatic carbocycles. The third-order valence-electron chi connectivity index (χ3n) is 3.27. The lowest BCUT2D eigenvalue weighted by atomic mass is 10.1. The molecule has 0 saturated carbocycles. The van der Waals surface area contributed by atoms with Crippen molar-refractivity contribution >= 4 is 11.3 Å². The number of rotatable bonds is 7. The summed E-state index contributed by atoms with van der Waals surface area (Å²) >= 11 is 1.72. The Labute approximate surface area is 119 Å². The van der Waals surface area contributed by atoms with Crippen LogP contribution in [0.15, 0.2) is 41.9 Å². The highest BCUT2D eigenvalue weighted by molar-refractivity contribution is 7.09. The lowest BCUT2D eigenvalue weighted by molar-refractivity contribution is 0.395. The first-order valence-corrected chi connectivity index (χ1v) is 7.75. The number of nitrogens with one attached hydrogen (secondary N) is 1. The van der Waals surface area contributed by atoms with E-state index in [-0.39, 0.29) is 5.54 Å². The quantitative estimate of drug-likeness (QED) is 0.772. The molecule has 2 aromatic rings. The van der Waals surface area contributed by atoms with Gasteiger partial charge in [-0.3, -0.25) is 0 Å². The highest BCUT2D eigenvalue weighted by Gasteiger charge is 2.21. The number of aromatic nitrogens is 1. The molecule has 1 heterocycles. The first-order valence-electron chi connectivity index (χ1n) is 6.87. The second-order valence-corrected chi connectivity index (χ2v) is 6.23. The van der Waals surface area contributed by atoms with Crippen LogP contribution in [0.1, 0.15) is 37.3 Å². The molecule has 1 aromatic carbocycles. The number of hydrogen-bond acceptors (Lipinski definition) is 3. The predicted molar refractivity (Wildman–Crippen MR) is 82.5 cm³/mol. The summed E-state index contributed by atoms with van der Waals surface area (Å²) in [6, 6.07) is 10.7. The van der Waals surface area contributed by atoms with Gasteiger partial charge < -0.3 is 5.32 Å². The summed E-state index contributed by atoms with van der Waals surface area (Å²) in [4.78, 5) is 4.39. The molecule has 2 rings (SSSR count). The normalized spacial score (nSPS) is 11.7. The van der Waals surface area contributed by atoms with Crippen LogP contribution in [0.25, 0.3) is 0 Å². The van der Waals surface area contributed by atoms with Crippen LogP contribution in [0.2, 0.25) is 0 Å². The Hall–Kier alpha value is -1.19. The number of thiazole rings is 1. The van der Waals surface area contributed by atoms with Crippen LogP contribution < -0.4 is 5.32 Å². The molecular weight excluding hydrogens is 252 g/mol. The maximum Gasteiger partial charge on any atom is 0.112 e. The van der Waals surface area contributed by atoms with Gasteiger partial charge in [0.1, 0.15) is 5.01 Å². The number of benzene rings is 1. The van der Waals surface area contributed by atoms with Gasteiger partial charge in [0, 0.05) is 11.6 Å². The van der Waals surface area contributed by atoms with E-state index >= 15 is 0 Å². The topological polar surface area (TPSA) is 24.9 Å².